The van der Waals surface area contributed by atoms with E-state index in [9.17, 15) is 9.59 Å². The standard InChI is InChI=1S/C24H29N3O2/c28-22(21-8-7-19-5-1-2-6-20(19)16-21)9-10-24(29)26-17-18-11-12-25-23(15-18)27-13-3-4-14-27/h7-8,11-12,15-16H,1-6,9-10,13-14,17H2,(H,26,29). The molecule has 152 valence electrons. The van der Waals surface area contributed by atoms with E-state index in [4.69, 9.17) is 0 Å². The topological polar surface area (TPSA) is 62.3 Å². The summed E-state index contributed by atoms with van der Waals surface area (Å²) < 4.78 is 0. The van der Waals surface area contributed by atoms with Gasteiger partial charge in [0, 0.05) is 44.2 Å². The van der Waals surface area contributed by atoms with Gasteiger partial charge in [-0.25, -0.2) is 4.98 Å². The van der Waals surface area contributed by atoms with E-state index < -0.39 is 0 Å². The van der Waals surface area contributed by atoms with Gasteiger partial charge in [0.2, 0.25) is 5.91 Å². The number of benzene rings is 1. The van der Waals surface area contributed by atoms with Gasteiger partial charge in [-0.15, -0.1) is 0 Å². The highest BCUT2D eigenvalue weighted by Crippen LogP contribution is 2.23. The van der Waals surface area contributed by atoms with E-state index in [-0.39, 0.29) is 24.5 Å². The lowest BCUT2D eigenvalue weighted by atomic mass is 9.89. The van der Waals surface area contributed by atoms with Crippen LogP contribution in [0.15, 0.2) is 36.5 Å². The maximum absolute atomic E-state index is 12.5. The Hall–Kier alpha value is -2.69. The highest BCUT2D eigenvalue weighted by molar-refractivity contribution is 5.98. The van der Waals surface area contributed by atoms with E-state index in [0.29, 0.717) is 6.54 Å². The van der Waals surface area contributed by atoms with Crippen molar-refractivity contribution in [3.8, 4) is 0 Å². The Labute approximate surface area is 172 Å². The molecule has 0 saturated carbocycles. The molecule has 1 aliphatic carbocycles. The molecule has 29 heavy (non-hydrogen) atoms. The third-order valence-electron chi connectivity index (χ3n) is 5.98. The molecule has 2 aromatic rings. The van der Waals surface area contributed by atoms with Crippen LogP contribution in [0.3, 0.4) is 0 Å². The van der Waals surface area contributed by atoms with Crippen molar-refractivity contribution in [2.45, 2.75) is 57.9 Å². The minimum atomic E-state index is -0.0872. The number of nitrogens with zero attached hydrogens (tertiary/aromatic N) is 2. The lowest BCUT2D eigenvalue weighted by molar-refractivity contribution is -0.121. The summed E-state index contributed by atoms with van der Waals surface area (Å²) in [5, 5.41) is 2.94. The van der Waals surface area contributed by atoms with Gasteiger partial charge in [-0.05, 0) is 73.4 Å². The van der Waals surface area contributed by atoms with Crippen LogP contribution in [0.2, 0.25) is 0 Å². The van der Waals surface area contributed by atoms with Crippen LogP contribution in [0.4, 0.5) is 5.82 Å². The van der Waals surface area contributed by atoms with Crippen molar-refractivity contribution < 1.29 is 9.59 Å². The first kappa shape index (κ1) is 19.6. The van der Waals surface area contributed by atoms with Crippen LogP contribution in [0.1, 0.15) is 65.6 Å². The lowest BCUT2D eigenvalue weighted by Crippen LogP contribution is -2.24. The Morgan fingerprint density at radius 2 is 1.72 bits per heavy atom. The summed E-state index contributed by atoms with van der Waals surface area (Å²) in [5.74, 6) is 0.946. The largest absolute Gasteiger partial charge is 0.357 e. The summed E-state index contributed by atoms with van der Waals surface area (Å²) in [6.45, 7) is 2.57. The van der Waals surface area contributed by atoms with Crippen molar-refractivity contribution in [1.82, 2.24) is 10.3 Å². The maximum Gasteiger partial charge on any atom is 0.220 e. The summed E-state index contributed by atoms with van der Waals surface area (Å²) in [6, 6.07) is 10.0. The van der Waals surface area contributed by atoms with Crippen LogP contribution in [-0.4, -0.2) is 29.8 Å². The molecule has 0 atom stereocenters. The molecule has 1 N–H and O–H groups in total. The van der Waals surface area contributed by atoms with Gasteiger partial charge in [-0.3, -0.25) is 9.59 Å². The summed E-state index contributed by atoms with van der Waals surface area (Å²) in [4.78, 5) is 31.5. The number of carbonyl (C=O) groups is 2. The zero-order chi connectivity index (χ0) is 20.1. The molecule has 1 saturated heterocycles. The first-order valence-corrected chi connectivity index (χ1v) is 10.8. The molecule has 1 amide bonds. The minimum absolute atomic E-state index is 0.0498. The SMILES string of the molecule is O=C(CCC(=O)c1ccc2c(c1)CCCC2)NCc1ccnc(N2CCCC2)c1. The van der Waals surface area contributed by atoms with Crippen molar-refractivity contribution in [2.75, 3.05) is 18.0 Å². The highest BCUT2D eigenvalue weighted by Gasteiger charge is 2.15. The average molecular weight is 392 g/mol. The number of aromatic nitrogens is 1. The second-order valence-corrected chi connectivity index (χ2v) is 8.11. The maximum atomic E-state index is 12.5. The van der Waals surface area contributed by atoms with Crippen LogP contribution in [0, 0.1) is 0 Å². The minimum Gasteiger partial charge on any atom is -0.357 e. The molecule has 5 heteroatoms. The normalized spacial score (nSPS) is 15.8. The molecule has 2 aliphatic rings. The van der Waals surface area contributed by atoms with Crippen LogP contribution in [0.25, 0.3) is 0 Å². The fourth-order valence-electron chi connectivity index (χ4n) is 4.26. The quantitative estimate of drug-likeness (QED) is 0.729. The first-order valence-electron chi connectivity index (χ1n) is 10.8. The van der Waals surface area contributed by atoms with Gasteiger partial charge in [-0.1, -0.05) is 12.1 Å². The number of nitrogens with one attached hydrogen (secondary N) is 1. The predicted molar refractivity (Wildman–Crippen MR) is 114 cm³/mol. The van der Waals surface area contributed by atoms with Gasteiger partial charge < -0.3 is 10.2 Å². The fraction of sp³-hybridized carbons (Fsp3) is 0.458. The van der Waals surface area contributed by atoms with Crippen molar-refractivity contribution in [1.29, 1.82) is 0 Å². The van der Waals surface area contributed by atoms with Crippen molar-refractivity contribution in [2.24, 2.45) is 0 Å². The molecule has 5 nitrogen and oxygen atoms in total. The number of amides is 1. The lowest BCUT2D eigenvalue weighted by Gasteiger charge is -2.17. The molecule has 1 aromatic heterocycles. The van der Waals surface area contributed by atoms with Gasteiger partial charge in [-0.2, -0.15) is 0 Å². The van der Waals surface area contributed by atoms with E-state index >= 15 is 0 Å². The molecular weight excluding hydrogens is 362 g/mol. The van der Waals surface area contributed by atoms with Crippen LogP contribution in [0.5, 0.6) is 0 Å². The van der Waals surface area contributed by atoms with Gasteiger partial charge in [0.25, 0.3) is 0 Å². The smallest absolute Gasteiger partial charge is 0.220 e. The number of rotatable bonds is 7. The second kappa shape index (κ2) is 9.21. The Morgan fingerprint density at radius 1 is 0.931 bits per heavy atom. The Bertz CT molecular complexity index is 887. The number of carbonyl (C=O) groups excluding carboxylic acids is 2. The number of ketones is 1. The molecule has 0 unspecified atom stereocenters. The molecule has 0 radical (unpaired) electrons. The molecule has 4 rings (SSSR count). The fourth-order valence-corrected chi connectivity index (χ4v) is 4.26. The first-order chi connectivity index (χ1) is 14.2. The van der Waals surface area contributed by atoms with E-state index in [0.717, 1.165) is 42.9 Å². The second-order valence-electron chi connectivity index (χ2n) is 8.11. The summed E-state index contributed by atoms with van der Waals surface area (Å²) in [7, 11) is 0. The zero-order valence-electron chi connectivity index (χ0n) is 17.0. The number of hydrogen-bond acceptors (Lipinski definition) is 4. The Balaban J connectivity index is 1.26. The van der Waals surface area contributed by atoms with E-state index in [2.05, 4.69) is 21.3 Å². The Kier molecular flexibility index (Phi) is 6.23. The highest BCUT2D eigenvalue weighted by atomic mass is 16.2. The van der Waals surface area contributed by atoms with Crippen molar-refractivity contribution >= 4 is 17.5 Å². The number of anilines is 1. The molecule has 0 bridgehead atoms. The molecule has 1 aliphatic heterocycles. The molecule has 1 fully saturated rings. The van der Waals surface area contributed by atoms with Crippen LogP contribution >= 0.6 is 0 Å². The number of Topliss-reactive ketones (excluding diaryl/α,β-unsaturated/α-hetero) is 1. The number of aryl methyl sites for hydroxylation is 2. The average Bonchev–Trinajstić information content (AvgIpc) is 3.31. The van der Waals surface area contributed by atoms with Gasteiger partial charge >= 0.3 is 0 Å². The number of pyridine rings is 1. The summed E-state index contributed by atoms with van der Waals surface area (Å²) in [6.07, 6.45) is 9.29. The zero-order valence-corrected chi connectivity index (χ0v) is 17.0. The number of fused-ring (bicyclic) bond motifs is 1. The third kappa shape index (κ3) is 5.03. The molecule has 1 aromatic carbocycles. The van der Waals surface area contributed by atoms with Gasteiger partial charge in [0.1, 0.15) is 5.82 Å². The van der Waals surface area contributed by atoms with E-state index in [1.807, 2.05) is 24.3 Å². The summed E-state index contributed by atoms with van der Waals surface area (Å²) in [5.41, 5.74) is 4.45. The predicted octanol–water partition coefficient (Wildman–Crippen LogP) is 3.84. The van der Waals surface area contributed by atoms with Crippen molar-refractivity contribution in [3.63, 3.8) is 0 Å². The van der Waals surface area contributed by atoms with Crippen molar-refractivity contribution in [3.05, 3.63) is 58.8 Å². The molecular formula is C24H29N3O2. The van der Waals surface area contributed by atoms with Gasteiger partial charge in [0.05, 0.1) is 0 Å². The Morgan fingerprint density at radius 3 is 2.55 bits per heavy atom. The van der Waals surface area contributed by atoms with Crippen LogP contribution < -0.4 is 10.2 Å². The van der Waals surface area contributed by atoms with Gasteiger partial charge in [0.15, 0.2) is 5.78 Å². The van der Waals surface area contributed by atoms with E-state index in [1.165, 1.54) is 36.8 Å². The molecule has 0 spiro atoms. The number of hydrogen-bond donors (Lipinski definition) is 1. The molecule has 2 heterocycles. The summed E-state index contributed by atoms with van der Waals surface area (Å²) >= 11 is 0. The van der Waals surface area contributed by atoms with E-state index in [1.54, 1.807) is 6.20 Å². The third-order valence-corrected chi connectivity index (χ3v) is 5.98. The van der Waals surface area contributed by atoms with Crippen LogP contribution in [-0.2, 0) is 24.2 Å². The monoisotopic (exact) mass is 391 g/mol.